The molecule has 0 spiro atoms. The molecule has 1 aromatic carbocycles. The molecule has 0 heterocycles. The van der Waals surface area contributed by atoms with Gasteiger partial charge in [-0.3, -0.25) is 9.59 Å². The summed E-state index contributed by atoms with van der Waals surface area (Å²) in [5.74, 6) is -1.62. The summed E-state index contributed by atoms with van der Waals surface area (Å²) in [5, 5.41) is 12.8. The topological polar surface area (TPSA) is 66.4 Å². The number of halogens is 2. The second-order valence-corrected chi connectivity index (χ2v) is 6.26. The van der Waals surface area contributed by atoms with Crippen molar-refractivity contribution in [2.75, 3.05) is 0 Å². The van der Waals surface area contributed by atoms with Crippen molar-refractivity contribution in [3.05, 3.63) is 33.8 Å². The maximum atomic E-state index is 12.2. The van der Waals surface area contributed by atoms with Crippen LogP contribution in [0.2, 0.25) is 10.0 Å². The van der Waals surface area contributed by atoms with Crippen molar-refractivity contribution in [3.8, 4) is 0 Å². The zero-order chi connectivity index (χ0) is 15.6. The minimum absolute atomic E-state index is 0.0659. The van der Waals surface area contributed by atoms with Gasteiger partial charge in [-0.1, -0.05) is 29.3 Å². The zero-order valence-corrected chi connectivity index (χ0v) is 13.1. The molecule has 3 atom stereocenters. The summed E-state index contributed by atoms with van der Waals surface area (Å²) in [5.41, 5.74) is 0.787. The van der Waals surface area contributed by atoms with Gasteiger partial charge < -0.3 is 10.4 Å². The van der Waals surface area contributed by atoms with E-state index in [1.54, 1.807) is 25.1 Å². The second kappa shape index (κ2) is 6.67. The van der Waals surface area contributed by atoms with Gasteiger partial charge in [-0.2, -0.15) is 0 Å². The van der Waals surface area contributed by atoms with Crippen LogP contribution in [0.5, 0.6) is 0 Å². The quantitative estimate of drug-likeness (QED) is 0.888. The van der Waals surface area contributed by atoms with Gasteiger partial charge in [0.05, 0.1) is 21.9 Å². The molecule has 0 radical (unpaired) electrons. The fourth-order valence-corrected chi connectivity index (χ4v) is 2.90. The molecular formula is C15H17Cl2NO3. The van der Waals surface area contributed by atoms with Crippen LogP contribution in [0.15, 0.2) is 18.2 Å². The molecule has 2 rings (SSSR count). The fourth-order valence-electron chi connectivity index (χ4n) is 2.60. The molecular weight excluding hydrogens is 313 g/mol. The van der Waals surface area contributed by atoms with Crippen molar-refractivity contribution in [3.63, 3.8) is 0 Å². The van der Waals surface area contributed by atoms with Gasteiger partial charge in [0.15, 0.2) is 0 Å². The van der Waals surface area contributed by atoms with Gasteiger partial charge in [-0.05, 0) is 43.9 Å². The molecule has 0 bridgehead atoms. The van der Waals surface area contributed by atoms with Crippen molar-refractivity contribution in [2.45, 2.75) is 38.1 Å². The first kappa shape index (κ1) is 16.1. The Morgan fingerprint density at radius 2 is 2.00 bits per heavy atom. The largest absolute Gasteiger partial charge is 0.481 e. The number of nitrogens with one attached hydrogen (secondary N) is 1. The molecule has 2 N–H and O–H groups in total. The molecule has 1 fully saturated rings. The highest BCUT2D eigenvalue weighted by Gasteiger charge is 2.31. The summed E-state index contributed by atoms with van der Waals surface area (Å²) in [6.45, 7) is 1.79. The standard InChI is InChI=1S/C15H17Cl2NO3/c1-8(9-3-5-12(16)13(17)7-9)14(19)18-11-4-2-10(6-11)15(20)21/h3,5,7-8,10-11H,2,4,6H2,1H3,(H,18,19)(H,20,21)/t8?,10-,11+/m1/s1. The van der Waals surface area contributed by atoms with E-state index in [9.17, 15) is 9.59 Å². The van der Waals surface area contributed by atoms with Crippen molar-refractivity contribution in [1.82, 2.24) is 5.32 Å². The molecule has 114 valence electrons. The molecule has 1 aliphatic rings. The molecule has 0 saturated heterocycles. The highest BCUT2D eigenvalue weighted by molar-refractivity contribution is 6.42. The van der Waals surface area contributed by atoms with Crippen LogP contribution >= 0.6 is 23.2 Å². The van der Waals surface area contributed by atoms with E-state index in [1.165, 1.54) is 0 Å². The lowest BCUT2D eigenvalue weighted by Gasteiger charge is -2.17. The summed E-state index contributed by atoms with van der Waals surface area (Å²) in [6, 6.07) is 5.05. The first-order valence-electron chi connectivity index (χ1n) is 6.86. The Bertz CT molecular complexity index is 562. The summed E-state index contributed by atoms with van der Waals surface area (Å²) >= 11 is 11.8. The first-order valence-corrected chi connectivity index (χ1v) is 7.62. The highest BCUT2D eigenvalue weighted by atomic mass is 35.5. The van der Waals surface area contributed by atoms with Gasteiger partial charge in [0.1, 0.15) is 0 Å². The Morgan fingerprint density at radius 1 is 1.29 bits per heavy atom. The Morgan fingerprint density at radius 3 is 2.57 bits per heavy atom. The number of rotatable bonds is 4. The van der Waals surface area contributed by atoms with Gasteiger partial charge in [-0.25, -0.2) is 0 Å². The number of aliphatic carboxylic acids is 1. The molecule has 1 unspecified atom stereocenters. The monoisotopic (exact) mass is 329 g/mol. The van der Waals surface area contributed by atoms with Gasteiger partial charge in [0.25, 0.3) is 0 Å². The molecule has 1 saturated carbocycles. The molecule has 21 heavy (non-hydrogen) atoms. The lowest BCUT2D eigenvalue weighted by Crippen LogP contribution is -2.36. The maximum Gasteiger partial charge on any atom is 0.306 e. The van der Waals surface area contributed by atoms with E-state index in [0.717, 1.165) is 5.56 Å². The van der Waals surface area contributed by atoms with Crippen molar-refractivity contribution >= 4 is 35.1 Å². The van der Waals surface area contributed by atoms with Crippen LogP contribution in [0.3, 0.4) is 0 Å². The lowest BCUT2D eigenvalue weighted by molar-refractivity contribution is -0.141. The third-order valence-electron chi connectivity index (χ3n) is 3.97. The number of carbonyl (C=O) groups is 2. The van der Waals surface area contributed by atoms with Crippen molar-refractivity contribution in [2.24, 2.45) is 5.92 Å². The maximum absolute atomic E-state index is 12.2. The van der Waals surface area contributed by atoms with Crippen LogP contribution in [0.25, 0.3) is 0 Å². The Balaban J connectivity index is 1.97. The van der Waals surface area contributed by atoms with E-state index in [0.29, 0.717) is 29.3 Å². The van der Waals surface area contributed by atoms with Gasteiger partial charge in [0.2, 0.25) is 5.91 Å². The van der Waals surface area contributed by atoms with Crippen molar-refractivity contribution in [1.29, 1.82) is 0 Å². The number of amides is 1. The number of carboxylic acid groups (broad SMARTS) is 1. The zero-order valence-electron chi connectivity index (χ0n) is 11.6. The van der Waals surface area contributed by atoms with Crippen LogP contribution < -0.4 is 5.32 Å². The minimum Gasteiger partial charge on any atom is -0.481 e. The van der Waals surface area contributed by atoms with Crippen LogP contribution in [-0.4, -0.2) is 23.0 Å². The molecule has 1 aromatic rings. The van der Waals surface area contributed by atoms with Crippen molar-refractivity contribution < 1.29 is 14.7 Å². The summed E-state index contributed by atoms with van der Waals surface area (Å²) < 4.78 is 0. The molecule has 1 amide bonds. The average molecular weight is 330 g/mol. The molecule has 6 heteroatoms. The molecule has 4 nitrogen and oxygen atoms in total. The third-order valence-corrected chi connectivity index (χ3v) is 4.70. The van der Waals surface area contributed by atoms with Gasteiger partial charge in [0, 0.05) is 6.04 Å². The summed E-state index contributed by atoms with van der Waals surface area (Å²) in [6.07, 6.45) is 1.81. The summed E-state index contributed by atoms with van der Waals surface area (Å²) in [7, 11) is 0. The van der Waals surface area contributed by atoms with E-state index in [2.05, 4.69) is 5.32 Å². The number of hydrogen-bond acceptors (Lipinski definition) is 2. The van der Waals surface area contributed by atoms with Crippen LogP contribution in [0.1, 0.15) is 37.7 Å². The van der Waals surface area contributed by atoms with E-state index in [4.69, 9.17) is 28.3 Å². The van der Waals surface area contributed by atoms with E-state index in [-0.39, 0.29) is 23.8 Å². The highest BCUT2D eigenvalue weighted by Crippen LogP contribution is 2.28. The molecule has 0 aromatic heterocycles. The lowest BCUT2D eigenvalue weighted by atomic mass is 10.00. The van der Waals surface area contributed by atoms with E-state index >= 15 is 0 Å². The van der Waals surface area contributed by atoms with E-state index < -0.39 is 5.97 Å². The molecule has 0 aliphatic heterocycles. The van der Waals surface area contributed by atoms with Gasteiger partial charge in [-0.15, -0.1) is 0 Å². The Hall–Kier alpha value is -1.26. The predicted molar refractivity (Wildman–Crippen MR) is 81.8 cm³/mol. The number of carbonyl (C=O) groups excluding carboxylic acids is 1. The smallest absolute Gasteiger partial charge is 0.306 e. The second-order valence-electron chi connectivity index (χ2n) is 5.45. The normalized spacial score (nSPS) is 22.8. The first-order chi connectivity index (χ1) is 9.88. The van der Waals surface area contributed by atoms with Gasteiger partial charge >= 0.3 is 5.97 Å². The predicted octanol–water partition coefficient (Wildman–Crippen LogP) is 3.47. The SMILES string of the molecule is CC(C(=O)N[C@H]1CC[C@@H](C(=O)O)C1)c1ccc(Cl)c(Cl)c1. The fraction of sp³-hybridized carbons (Fsp3) is 0.467. The van der Waals surface area contributed by atoms with Crippen LogP contribution in [-0.2, 0) is 9.59 Å². The Labute approximate surface area is 133 Å². The number of hydrogen-bond donors (Lipinski definition) is 2. The average Bonchev–Trinajstić information content (AvgIpc) is 2.89. The van der Waals surface area contributed by atoms with Crippen LogP contribution in [0.4, 0.5) is 0 Å². The third kappa shape index (κ3) is 3.89. The number of benzene rings is 1. The molecule has 1 aliphatic carbocycles. The van der Waals surface area contributed by atoms with Crippen LogP contribution in [0, 0.1) is 5.92 Å². The Kier molecular flexibility index (Phi) is 5.12. The summed E-state index contributed by atoms with van der Waals surface area (Å²) in [4.78, 5) is 23.2. The van der Waals surface area contributed by atoms with E-state index in [1.807, 2.05) is 0 Å². The minimum atomic E-state index is -0.788. The number of carboxylic acids is 1.